The second kappa shape index (κ2) is 21.6. The maximum atomic E-state index is 14.6. The summed E-state index contributed by atoms with van der Waals surface area (Å²) in [6.07, 6.45) is 12.4. The summed E-state index contributed by atoms with van der Waals surface area (Å²) >= 11 is 0. The summed E-state index contributed by atoms with van der Waals surface area (Å²) in [6.45, 7) is 10.9. The van der Waals surface area contributed by atoms with E-state index in [1.807, 2.05) is 60.4 Å². The quantitative estimate of drug-likeness (QED) is 0.0985. The number of ether oxygens (including phenoxy) is 2. The first kappa shape index (κ1) is 48.5. The number of rotatable bonds is 13. The smallest absolute Gasteiger partial charge is 0.339 e. The molecule has 3 fully saturated rings. The van der Waals surface area contributed by atoms with Gasteiger partial charge in [-0.1, -0.05) is 61.0 Å². The van der Waals surface area contributed by atoms with Gasteiger partial charge in [0.05, 0.1) is 28.4 Å². The van der Waals surface area contributed by atoms with Crippen molar-refractivity contribution in [1.82, 2.24) is 39.3 Å². The van der Waals surface area contributed by atoms with E-state index in [0.717, 1.165) is 72.0 Å². The number of hydrogen-bond acceptors (Lipinski definition) is 10. The second-order valence-corrected chi connectivity index (χ2v) is 18.9. The molecule has 1 N–H and O–H groups in total. The fourth-order valence-corrected chi connectivity index (χ4v) is 10.4. The number of piperazine rings is 1. The largest absolute Gasteiger partial charge is 0.440 e. The molecule has 4 aromatic carbocycles. The number of urea groups is 1. The molecule has 0 saturated carbocycles. The number of hydrogen-bond donors (Lipinski definition) is 1. The molecular formula is C56H60N8O7. The number of esters is 2. The molecule has 71 heavy (non-hydrogen) atoms. The number of terminal acetylenes is 1. The zero-order valence-corrected chi connectivity index (χ0v) is 40.4. The van der Waals surface area contributed by atoms with Gasteiger partial charge in [0.1, 0.15) is 6.04 Å². The number of nitrogens with zero attached hydrogens (tertiary/aromatic N) is 7. The standard InChI is InChI=1S/C56H60N8O7/c1-5-39-11-9-14-44(30-39)54(67)70-36-63-50-16-8-7-13-43(50)34-48(52(63)65)42-17-23-62(24-18-42)56(69)58-49(53(66)61-27-25-60(26-28-61)47-19-21-59(4)22-20-47)33-41-29-38(3)51-46(32-41)35-57-64(51)37-71-55(68)45-15-10-12-40(6-2)31-45/h2,5,7-16,29-32,34-35,42,47,49H,1,17-28,33,36-37H2,3-4H3,(H,58,69)/t49-/m1/s1. The summed E-state index contributed by atoms with van der Waals surface area (Å²) in [5.41, 5.74) is 5.58. The van der Waals surface area contributed by atoms with Crippen LogP contribution in [0.3, 0.4) is 0 Å². The minimum atomic E-state index is -0.851. The summed E-state index contributed by atoms with van der Waals surface area (Å²) in [5.74, 6) is 1.18. The Balaban J connectivity index is 0.892. The Kier molecular flexibility index (Phi) is 14.8. The Morgan fingerprint density at radius 2 is 1.51 bits per heavy atom. The number of nitrogens with one attached hydrogen (secondary N) is 1. The van der Waals surface area contributed by atoms with Gasteiger partial charge in [-0.2, -0.15) is 5.10 Å². The van der Waals surface area contributed by atoms with Gasteiger partial charge < -0.3 is 29.5 Å². The monoisotopic (exact) mass is 956 g/mol. The molecule has 9 rings (SSSR count). The lowest BCUT2D eigenvalue weighted by atomic mass is 9.89. The maximum Gasteiger partial charge on any atom is 0.339 e. The number of piperidine rings is 2. The van der Waals surface area contributed by atoms with Crippen molar-refractivity contribution >= 4 is 51.8 Å². The Bertz CT molecular complexity index is 3070. The molecule has 366 valence electrons. The van der Waals surface area contributed by atoms with E-state index in [1.54, 1.807) is 64.3 Å². The highest BCUT2D eigenvalue weighted by Crippen LogP contribution is 2.29. The zero-order chi connectivity index (χ0) is 49.6. The molecular weight excluding hydrogens is 897 g/mol. The Labute approximate surface area is 413 Å². The predicted octanol–water partition coefficient (Wildman–Crippen LogP) is 6.65. The fourth-order valence-electron chi connectivity index (χ4n) is 10.4. The Morgan fingerprint density at radius 3 is 2.24 bits per heavy atom. The Hall–Kier alpha value is -7.54. The molecule has 3 saturated heterocycles. The van der Waals surface area contributed by atoms with Gasteiger partial charge in [0.15, 0.2) is 13.5 Å². The molecule has 2 aromatic heterocycles. The van der Waals surface area contributed by atoms with Crippen molar-refractivity contribution in [3.8, 4) is 12.3 Å². The maximum absolute atomic E-state index is 14.6. The third-order valence-corrected chi connectivity index (χ3v) is 14.4. The summed E-state index contributed by atoms with van der Waals surface area (Å²) in [4.78, 5) is 77.7. The van der Waals surface area contributed by atoms with Crippen molar-refractivity contribution in [1.29, 1.82) is 0 Å². The first-order chi connectivity index (χ1) is 34.5. The van der Waals surface area contributed by atoms with E-state index >= 15 is 0 Å². The summed E-state index contributed by atoms with van der Waals surface area (Å²) in [7, 11) is 2.16. The fraction of sp³-hybridized carbons (Fsp3) is 0.357. The first-order valence-electron chi connectivity index (χ1n) is 24.4. The Morgan fingerprint density at radius 1 is 0.803 bits per heavy atom. The second-order valence-electron chi connectivity index (χ2n) is 18.9. The van der Waals surface area contributed by atoms with E-state index in [1.165, 1.54) is 4.57 Å². The molecule has 0 radical (unpaired) electrons. The van der Waals surface area contributed by atoms with Crippen LogP contribution in [0.2, 0.25) is 0 Å². The lowest BCUT2D eigenvalue weighted by Crippen LogP contribution is -2.59. The number of pyridine rings is 1. The zero-order valence-electron chi connectivity index (χ0n) is 40.4. The number of carbonyl (C=O) groups is 4. The molecule has 3 aliphatic rings. The van der Waals surface area contributed by atoms with Gasteiger partial charge in [-0.05, 0) is 129 Å². The van der Waals surface area contributed by atoms with Crippen LogP contribution in [0.1, 0.15) is 80.1 Å². The average molecular weight is 957 g/mol. The lowest BCUT2D eigenvalue weighted by molar-refractivity contribution is -0.135. The van der Waals surface area contributed by atoms with Gasteiger partial charge in [0.2, 0.25) is 5.91 Å². The number of para-hydroxylation sites is 1. The number of likely N-dealkylation sites (tertiary alicyclic amines) is 2. The number of aryl methyl sites for hydroxylation is 1. The topological polar surface area (TPSA) is 152 Å². The van der Waals surface area contributed by atoms with E-state index in [0.29, 0.717) is 72.8 Å². The van der Waals surface area contributed by atoms with E-state index in [4.69, 9.17) is 15.9 Å². The minimum Gasteiger partial charge on any atom is -0.440 e. The highest BCUT2D eigenvalue weighted by molar-refractivity contribution is 5.91. The van der Waals surface area contributed by atoms with Crippen LogP contribution in [-0.2, 0) is 34.2 Å². The molecule has 6 aromatic rings. The number of fused-ring (bicyclic) bond motifs is 2. The van der Waals surface area contributed by atoms with Crippen LogP contribution in [0.5, 0.6) is 0 Å². The van der Waals surface area contributed by atoms with Crippen molar-refractivity contribution in [3.63, 3.8) is 0 Å². The van der Waals surface area contributed by atoms with Gasteiger partial charge >= 0.3 is 18.0 Å². The van der Waals surface area contributed by atoms with Gasteiger partial charge in [0.25, 0.3) is 5.56 Å². The highest BCUT2D eigenvalue weighted by atomic mass is 16.5. The summed E-state index contributed by atoms with van der Waals surface area (Å²) in [6, 6.07) is 26.4. The third kappa shape index (κ3) is 10.9. The lowest BCUT2D eigenvalue weighted by Gasteiger charge is -2.43. The van der Waals surface area contributed by atoms with Crippen LogP contribution in [-0.4, -0.2) is 129 Å². The predicted molar refractivity (Wildman–Crippen MR) is 273 cm³/mol. The van der Waals surface area contributed by atoms with Gasteiger partial charge in [0, 0.05) is 68.2 Å². The number of amides is 3. The van der Waals surface area contributed by atoms with Gasteiger partial charge in [-0.25, -0.2) is 19.1 Å². The first-order valence-corrected chi connectivity index (χ1v) is 24.4. The van der Waals surface area contributed by atoms with E-state index in [9.17, 15) is 24.0 Å². The van der Waals surface area contributed by atoms with Crippen LogP contribution in [0.15, 0.2) is 109 Å². The van der Waals surface area contributed by atoms with Crippen LogP contribution < -0.4 is 10.9 Å². The van der Waals surface area contributed by atoms with Gasteiger partial charge in [-0.3, -0.25) is 19.1 Å². The van der Waals surface area contributed by atoms with Crippen molar-refractivity contribution < 1.29 is 28.7 Å². The average Bonchev–Trinajstić information content (AvgIpc) is 3.82. The van der Waals surface area contributed by atoms with Crippen molar-refractivity contribution in [2.24, 2.45) is 0 Å². The molecule has 3 amide bonds. The van der Waals surface area contributed by atoms with Gasteiger partial charge in [-0.15, -0.1) is 6.42 Å². The van der Waals surface area contributed by atoms with Crippen LogP contribution >= 0.6 is 0 Å². The molecule has 3 aliphatic heterocycles. The van der Waals surface area contributed by atoms with E-state index in [2.05, 4.69) is 39.8 Å². The van der Waals surface area contributed by atoms with Crippen molar-refractivity contribution in [2.45, 2.75) is 70.5 Å². The van der Waals surface area contributed by atoms with Crippen LogP contribution in [0.25, 0.3) is 27.9 Å². The van der Waals surface area contributed by atoms with E-state index in [-0.39, 0.29) is 43.3 Å². The molecule has 0 aliphatic carbocycles. The van der Waals surface area contributed by atoms with E-state index < -0.39 is 18.0 Å². The normalized spacial score (nSPS) is 16.6. The number of benzene rings is 4. The molecule has 5 heterocycles. The minimum absolute atomic E-state index is 0.112. The third-order valence-electron chi connectivity index (χ3n) is 14.4. The van der Waals surface area contributed by atoms with Crippen molar-refractivity contribution in [2.75, 3.05) is 59.4 Å². The molecule has 0 spiro atoms. The van der Waals surface area contributed by atoms with Crippen LogP contribution in [0.4, 0.5) is 4.79 Å². The molecule has 15 heteroatoms. The van der Waals surface area contributed by atoms with Crippen LogP contribution in [0, 0.1) is 19.3 Å². The number of aromatic nitrogens is 3. The molecule has 15 nitrogen and oxygen atoms in total. The molecule has 0 unspecified atom stereocenters. The van der Waals surface area contributed by atoms with Crippen molar-refractivity contribution in [3.05, 3.63) is 153 Å². The molecule has 0 bridgehead atoms. The highest BCUT2D eigenvalue weighted by Gasteiger charge is 2.34. The summed E-state index contributed by atoms with van der Waals surface area (Å²) in [5, 5.41) is 9.34. The SMILES string of the molecule is C#Cc1cccc(C(=O)OCn2ncc3cc(C[C@@H](NC(=O)N4CCC(c5cc6ccccc6n(COC(=O)c6cccc(C=C)c6)c5=O)CC4)C(=O)N4CCN(C5CCN(C)CC5)CC4)cc(C)c32)c1. The molecule has 1 atom stereocenters. The number of carbonyl (C=O) groups excluding carboxylic acids is 4. The summed E-state index contributed by atoms with van der Waals surface area (Å²) < 4.78 is 14.5.